The van der Waals surface area contributed by atoms with Gasteiger partial charge in [-0.3, -0.25) is 9.59 Å². The number of hydrogen-bond donors (Lipinski definition) is 4. The molecule has 1 saturated heterocycles. The Morgan fingerprint density at radius 2 is 1.83 bits per heavy atom. The summed E-state index contributed by atoms with van der Waals surface area (Å²) >= 11 is 0. The van der Waals surface area contributed by atoms with Crippen molar-refractivity contribution >= 4 is 46.2 Å². The van der Waals surface area contributed by atoms with Gasteiger partial charge in [0.15, 0.2) is 5.65 Å². The van der Waals surface area contributed by atoms with E-state index in [1.54, 1.807) is 24.3 Å². The molecule has 3 heterocycles. The van der Waals surface area contributed by atoms with Crippen molar-refractivity contribution in [2.24, 2.45) is 5.73 Å². The number of piperidine rings is 1. The van der Waals surface area contributed by atoms with Gasteiger partial charge in [0.2, 0.25) is 5.91 Å². The van der Waals surface area contributed by atoms with Crippen LogP contribution >= 0.6 is 0 Å². The number of fused-ring (bicyclic) bond motifs is 1. The first-order valence-corrected chi connectivity index (χ1v) is 14.0. The predicted molar refractivity (Wildman–Crippen MR) is 166 cm³/mol. The van der Waals surface area contributed by atoms with E-state index < -0.39 is 0 Å². The molecule has 2 amide bonds. The number of rotatable bonds is 8. The summed E-state index contributed by atoms with van der Waals surface area (Å²) in [5.41, 5.74) is 10.6. The number of carbonyl (C=O) groups is 2. The van der Waals surface area contributed by atoms with Crippen LogP contribution in [0.5, 0.6) is 0 Å². The Hall–Kier alpha value is -4.70. The molecule has 0 saturated carbocycles. The number of anilines is 5. The monoisotopic (exact) mass is 554 g/mol. The molecule has 1 atom stereocenters. The smallest absolute Gasteiger partial charge is 0.255 e. The van der Waals surface area contributed by atoms with E-state index in [2.05, 4.69) is 39.5 Å². The lowest BCUT2D eigenvalue weighted by Gasteiger charge is -2.32. The van der Waals surface area contributed by atoms with Crippen molar-refractivity contribution in [3.8, 4) is 0 Å². The summed E-state index contributed by atoms with van der Waals surface area (Å²) in [4.78, 5) is 31.5. The Kier molecular flexibility index (Phi) is 9.70. The highest BCUT2D eigenvalue weighted by molar-refractivity contribution is 6.05. The predicted octanol–water partition coefficient (Wildman–Crippen LogP) is 5.37. The zero-order chi connectivity index (χ0) is 29.4. The molecule has 1 fully saturated rings. The number of hydrogen-bond acceptors (Lipinski definition) is 7. The lowest BCUT2D eigenvalue weighted by Crippen LogP contribution is -2.43. The molecule has 5 N–H and O–H groups in total. The van der Waals surface area contributed by atoms with Gasteiger partial charge < -0.3 is 26.6 Å². The maximum absolute atomic E-state index is 12.9. The summed E-state index contributed by atoms with van der Waals surface area (Å²) in [6, 6.07) is 16.3. The molecule has 1 aliphatic rings. The van der Waals surface area contributed by atoms with Crippen LogP contribution < -0.4 is 26.6 Å². The number of nitrogens with one attached hydrogen (secondary N) is 3. The van der Waals surface area contributed by atoms with E-state index in [9.17, 15) is 9.59 Å². The average Bonchev–Trinajstić information content (AvgIpc) is 3.42. The molecular formula is C31H38N8O2. The minimum absolute atomic E-state index is 0.131. The molecule has 2 aromatic heterocycles. The molecule has 4 aromatic rings. The largest absolute Gasteiger partial charge is 0.355 e. The zero-order valence-corrected chi connectivity index (χ0v) is 23.9. The van der Waals surface area contributed by atoms with Gasteiger partial charge in [0, 0.05) is 53.4 Å². The van der Waals surface area contributed by atoms with E-state index in [1.807, 2.05) is 54.9 Å². The van der Waals surface area contributed by atoms with Crippen molar-refractivity contribution in [3.63, 3.8) is 0 Å². The maximum atomic E-state index is 12.9. The van der Waals surface area contributed by atoms with Crippen LogP contribution in [0.1, 0.15) is 49.5 Å². The Bertz CT molecular complexity index is 1510. The SMILES string of the molecule is C=CC(=O)Nc1ccc(C(=O)Nc2cccc(Nc3cc(N4CCCC(N)C4)nc4c(CC)cnn34)c2)cc1.CC. The number of amides is 2. The van der Waals surface area contributed by atoms with Crippen molar-refractivity contribution in [1.29, 1.82) is 0 Å². The first-order chi connectivity index (χ1) is 19.9. The normalized spacial score (nSPS) is 14.5. The van der Waals surface area contributed by atoms with Crippen LogP contribution in [0, 0.1) is 0 Å². The molecule has 214 valence electrons. The average molecular weight is 555 g/mol. The number of carbonyl (C=O) groups excluding carboxylic acids is 2. The number of nitrogens with two attached hydrogens (primary N) is 1. The fourth-order valence-electron chi connectivity index (χ4n) is 4.64. The topological polar surface area (TPSA) is 130 Å². The molecule has 10 nitrogen and oxygen atoms in total. The van der Waals surface area contributed by atoms with Gasteiger partial charge in [-0.1, -0.05) is 33.4 Å². The zero-order valence-electron chi connectivity index (χ0n) is 23.9. The van der Waals surface area contributed by atoms with Crippen LogP contribution in [0.25, 0.3) is 5.65 Å². The third-order valence-corrected chi connectivity index (χ3v) is 6.69. The van der Waals surface area contributed by atoms with Gasteiger partial charge in [0.1, 0.15) is 11.6 Å². The van der Waals surface area contributed by atoms with Gasteiger partial charge in [0.05, 0.1) is 6.20 Å². The van der Waals surface area contributed by atoms with Gasteiger partial charge in [-0.2, -0.15) is 9.61 Å². The van der Waals surface area contributed by atoms with Gasteiger partial charge in [-0.15, -0.1) is 0 Å². The molecule has 0 bridgehead atoms. The molecule has 0 spiro atoms. The van der Waals surface area contributed by atoms with Crippen LogP contribution in [0.3, 0.4) is 0 Å². The summed E-state index contributed by atoms with van der Waals surface area (Å²) in [7, 11) is 0. The number of aryl methyl sites for hydroxylation is 1. The molecule has 1 unspecified atom stereocenters. The molecule has 0 radical (unpaired) electrons. The second kappa shape index (κ2) is 13.6. The van der Waals surface area contributed by atoms with Crippen LogP contribution in [-0.2, 0) is 11.2 Å². The van der Waals surface area contributed by atoms with Gasteiger partial charge in [0.25, 0.3) is 5.91 Å². The van der Waals surface area contributed by atoms with Crippen LogP contribution in [0.2, 0.25) is 0 Å². The van der Waals surface area contributed by atoms with Crippen molar-refractivity contribution in [1.82, 2.24) is 14.6 Å². The summed E-state index contributed by atoms with van der Waals surface area (Å²) in [5.74, 6) is 1.07. The fraction of sp³-hybridized carbons (Fsp3) is 0.290. The number of benzene rings is 2. The molecule has 1 aliphatic heterocycles. The number of aromatic nitrogens is 3. The maximum Gasteiger partial charge on any atom is 0.255 e. The lowest BCUT2D eigenvalue weighted by atomic mass is 10.1. The minimum atomic E-state index is -0.310. The molecule has 10 heteroatoms. The van der Waals surface area contributed by atoms with Crippen molar-refractivity contribution in [3.05, 3.63) is 84.6 Å². The highest BCUT2D eigenvalue weighted by Gasteiger charge is 2.21. The third-order valence-electron chi connectivity index (χ3n) is 6.69. The fourth-order valence-corrected chi connectivity index (χ4v) is 4.64. The second-order valence-electron chi connectivity index (χ2n) is 9.54. The van der Waals surface area contributed by atoms with E-state index in [1.165, 1.54) is 6.08 Å². The van der Waals surface area contributed by atoms with E-state index in [4.69, 9.17) is 10.7 Å². The minimum Gasteiger partial charge on any atom is -0.355 e. The summed E-state index contributed by atoms with van der Waals surface area (Å²) in [6.45, 7) is 11.2. The van der Waals surface area contributed by atoms with E-state index in [0.717, 1.165) is 60.9 Å². The summed E-state index contributed by atoms with van der Waals surface area (Å²) < 4.78 is 1.81. The molecule has 5 rings (SSSR count). The molecule has 41 heavy (non-hydrogen) atoms. The Morgan fingerprint density at radius 1 is 1.07 bits per heavy atom. The van der Waals surface area contributed by atoms with Crippen molar-refractivity contribution in [2.75, 3.05) is 33.9 Å². The molecule has 2 aromatic carbocycles. The summed E-state index contributed by atoms with van der Waals surface area (Å²) in [6.07, 6.45) is 5.92. The van der Waals surface area contributed by atoms with E-state index in [0.29, 0.717) is 16.9 Å². The molecule has 0 aliphatic carbocycles. The van der Waals surface area contributed by atoms with Gasteiger partial charge >= 0.3 is 0 Å². The quantitative estimate of drug-likeness (QED) is 0.216. The van der Waals surface area contributed by atoms with Gasteiger partial charge in [-0.05, 0) is 67.8 Å². The van der Waals surface area contributed by atoms with Crippen molar-refractivity contribution in [2.45, 2.75) is 46.1 Å². The standard InChI is InChI=1S/C29H32N8O2.C2H6/c1-3-19-17-31-37-26(16-25(35-28(19)37)36-14-6-7-21(30)18-36)32-23-8-5-9-24(15-23)34-29(39)20-10-12-22(13-11-20)33-27(38)4-2;1-2/h4-5,8-13,15-17,21,32H,2-3,6-7,14,18,30H2,1H3,(H,33,38)(H,34,39);1-2H3. The second-order valence-corrected chi connectivity index (χ2v) is 9.54. The van der Waals surface area contributed by atoms with Crippen LogP contribution in [0.15, 0.2) is 73.4 Å². The highest BCUT2D eigenvalue weighted by Crippen LogP contribution is 2.27. The van der Waals surface area contributed by atoms with Gasteiger partial charge in [-0.25, -0.2) is 4.98 Å². The van der Waals surface area contributed by atoms with Crippen LogP contribution in [-0.4, -0.2) is 45.5 Å². The van der Waals surface area contributed by atoms with E-state index >= 15 is 0 Å². The third kappa shape index (κ3) is 7.09. The highest BCUT2D eigenvalue weighted by atomic mass is 16.2. The Morgan fingerprint density at radius 3 is 2.54 bits per heavy atom. The number of nitrogens with zero attached hydrogens (tertiary/aromatic N) is 4. The Labute approximate surface area is 240 Å². The Balaban J connectivity index is 0.00000189. The molecular weight excluding hydrogens is 516 g/mol. The summed E-state index contributed by atoms with van der Waals surface area (Å²) in [5, 5.41) is 13.6. The van der Waals surface area contributed by atoms with Crippen LogP contribution in [0.4, 0.5) is 28.7 Å². The lowest BCUT2D eigenvalue weighted by molar-refractivity contribution is -0.111. The van der Waals surface area contributed by atoms with E-state index in [-0.39, 0.29) is 17.9 Å². The van der Waals surface area contributed by atoms with Crippen molar-refractivity contribution < 1.29 is 9.59 Å². The first-order valence-electron chi connectivity index (χ1n) is 14.0. The first kappa shape index (κ1) is 29.3.